The first-order valence-corrected chi connectivity index (χ1v) is 7.17. The molecular weight excluding hydrogens is 285 g/mol. The van der Waals surface area contributed by atoms with Gasteiger partial charge in [0, 0.05) is 28.7 Å². The van der Waals surface area contributed by atoms with Gasteiger partial charge in [0.15, 0.2) is 0 Å². The van der Waals surface area contributed by atoms with Crippen molar-refractivity contribution < 1.29 is 9.90 Å². The van der Waals surface area contributed by atoms with Gasteiger partial charge < -0.3 is 5.11 Å². The Morgan fingerprint density at radius 3 is 2.74 bits per heavy atom. The van der Waals surface area contributed by atoms with Gasteiger partial charge in [0.1, 0.15) is 0 Å². The third kappa shape index (κ3) is 3.85. The third-order valence-electron chi connectivity index (χ3n) is 3.51. The average Bonchev–Trinajstić information content (AvgIpc) is 3.16. The summed E-state index contributed by atoms with van der Waals surface area (Å²) in [5.41, 5.74) is 0.964. The molecule has 2 rings (SSSR count). The van der Waals surface area contributed by atoms with Crippen molar-refractivity contribution in [1.29, 1.82) is 0 Å². The summed E-state index contributed by atoms with van der Waals surface area (Å²) in [4.78, 5) is 13.0. The van der Waals surface area contributed by atoms with Crippen molar-refractivity contribution in [2.45, 2.75) is 38.3 Å². The van der Waals surface area contributed by atoms with E-state index in [1.54, 1.807) is 12.1 Å². The van der Waals surface area contributed by atoms with Gasteiger partial charge in [-0.05, 0) is 43.5 Å². The van der Waals surface area contributed by atoms with E-state index in [4.69, 9.17) is 28.3 Å². The number of nitrogens with zero attached hydrogens (tertiary/aromatic N) is 1. The minimum Gasteiger partial charge on any atom is -0.481 e. The van der Waals surface area contributed by atoms with E-state index in [1.165, 1.54) is 0 Å². The first-order valence-electron chi connectivity index (χ1n) is 6.41. The Balaban J connectivity index is 2.16. The molecule has 1 atom stereocenters. The Morgan fingerprint density at radius 2 is 2.16 bits per heavy atom. The number of rotatable bonds is 6. The van der Waals surface area contributed by atoms with Gasteiger partial charge in [-0.2, -0.15) is 0 Å². The van der Waals surface area contributed by atoms with Gasteiger partial charge in [0.2, 0.25) is 0 Å². The molecule has 0 amide bonds. The highest BCUT2D eigenvalue weighted by atomic mass is 35.5. The first kappa shape index (κ1) is 14.6. The summed E-state index contributed by atoms with van der Waals surface area (Å²) in [6.45, 7) is 2.60. The van der Waals surface area contributed by atoms with E-state index in [0.29, 0.717) is 22.6 Å². The summed E-state index contributed by atoms with van der Waals surface area (Å²) < 4.78 is 0. The van der Waals surface area contributed by atoms with E-state index >= 15 is 0 Å². The average molecular weight is 302 g/mol. The Hall–Kier alpha value is -0.770. The van der Waals surface area contributed by atoms with Crippen molar-refractivity contribution in [2.75, 3.05) is 6.54 Å². The van der Waals surface area contributed by atoms with Gasteiger partial charge in [-0.3, -0.25) is 9.69 Å². The summed E-state index contributed by atoms with van der Waals surface area (Å²) in [5.74, 6) is -0.768. The SMILES string of the molecule is CC(c1cc(Cl)ccc1Cl)N(CCC(=O)O)C1CC1. The Kier molecular flexibility index (Phi) is 4.71. The van der Waals surface area contributed by atoms with E-state index in [1.807, 2.05) is 6.07 Å². The maximum Gasteiger partial charge on any atom is 0.304 e. The number of carbonyl (C=O) groups is 1. The number of hydrogen-bond donors (Lipinski definition) is 1. The minimum atomic E-state index is -0.768. The Morgan fingerprint density at radius 1 is 1.47 bits per heavy atom. The molecule has 0 heterocycles. The van der Waals surface area contributed by atoms with Crippen molar-refractivity contribution in [2.24, 2.45) is 0 Å². The fourth-order valence-corrected chi connectivity index (χ4v) is 2.79. The van der Waals surface area contributed by atoms with Crippen LogP contribution in [-0.2, 0) is 4.79 Å². The van der Waals surface area contributed by atoms with Gasteiger partial charge >= 0.3 is 5.97 Å². The van der Waals surface area contributed by atoms with Gasteiger partial charge in [-0.1, -0.05) is 23.2 Å². The van der Waals surface area contributed by atoms with Gasteiger partial charge in [-0.25, -0.2) is 0 Å². The molecule has 3 nitrogen and oxygen atoms in total. The normalized spacial score (nSPS) is 16.6. The van der Waals surface area contributed by atoms with Crippen LogP contribution in [0.4, 0.5) is 0 Å². The standard InChI is InChI=1S/C14H17Cl2NO2/c1-9(12-8-10(15)2-5-13(12)16)17(11-3-4-11)7-6-14(18)19/h2,5,8-9,11H,3-4,6-7H2,1H3,(H,18,19). The largest absolute Gasteiger partial charge is 0.481 e. The fraction of sp³-hybridized carbons (Fsp3) is 0.500. The van der Waals surface area contributed by atoms with Crippen LogP contribution in [0.2, 0.25) is 10.0 Å². The molecule has 5 heteroatoms. The van der Waals surface area contributed by atoms with Crippen LogP contribution in [0.3, 0.4) is 0 Å². The molecule has 1 fully saturated rings. The topological polar surface area (TPSA) is 40.5 Å². The molecule has 0 aliphatic heterocycles. The van der Waals surface area contributed by atoms with Gasteiger partial charge in [0.25, 0.3) is 0 Å². The molecule has 1 aliphatic carbocycles. The lowest BCUT2D eigenvalue weighted by Crippen LogP contribution is -2.31. The van der Waals surface area contributed by atoms with Crippen LogP contribution < -0.4 is 0 Å². The lowest BCUT2D eigenvalue weighted by atomic mass is 10.1. The molecule has 0 bridgehead atoms. The zero-order chi connectivity index (χ0) is 14.0. The monoisotopic (exact) mass is 301 g/mol. The smallest absolute Gasteiger partial charge is 0.304 e. The molecule has 0 radical (unpaired) electrons. The van der Waals surface area contributed by atoms with E-state index in [-0.39, 0.29) is 12.5 Å². The molecule has 0 aromatic heterocycles. The van der Waals surface area contributed by atoms with Crippen molar-refractivity contribution >= 4 is 29.2 Å². The van der Waals surface area contributed by atoms with Crippen LogP contribution in [0.1, 0.15) is 37.8 Å². The summed E-state index contributed by atoms with van der Waals surface area (Å²) in [7, 11) is 0. The van der Waals surface area contributed by atoms with Crippen LogP contribution in [0.15, 0.2) is 18.2 Å². The van der Waals surface area contributed by atoms with Crippen molar-refractivity contribution in [3.63, 3.8) is 0 Å². The third-order valence-corrected chi connectivity index (χ3v) is 4.08. The summed E-state index contributed by atoms with van der Waals surface area (Å²) in [6.07, 6.45) is 2.41. The highest BCUT2D eigenvalue weighted by Gasteiger charge is 2.33. The van der Waals surface area contributed by atoms with E-state index in [2.05, 4.69) is 11.8 Å². The van der Waals surface area contributed by atoms with Gasteiger partial charge in [-0.15, -0.1) is 0 Å². The number of carboxylic acid groups (broad SMARTS) is 1. The molecular formula is C14H17Cl2NO2. The van der Waals surface area contributed by atoms with E-state index < -0.39 is 5.97 Å². The predicted octanol–water partition coefficient (Wildman–Crippen LogP) is 3.99. The second kappa shape index (κ2) is 6.12. The molecule has 1 unspecified atom stereocenters. The second-order valence-electron chi connectivity index (χ2n) is 4.95. The maximum absolute atomic E-state index is 10.8. The van der Waals surface area contributed by atoms with Crippen LogP contribution in [0, 0.1) is 0 Å². The molecule has 19 heavy (non-hydrogen) atoms. The highest BCUT2D eigenvalue weighted by Crippen LogP contribution is 2.37. The van der Waals surface area contributed by atoms with E-state index in [9.17, 15) is 4.79 Å². The molecule has 1 aromatic carbocycles. The summed E-state index contributed by atoms with van der Waals surface area (Å²) >= 11 is 12.2. The Labute approximate surface area is 123 Å². The van der Waals surface area contributed by atoms with E-state index in [0.717, 1.165) is 18.4 Å². The van der Waals surface area contributed by atoms with Crippen LogP contribution in [0.5, 0.6) is 0 Å². The zero-order valence-electron chi connectivity index (χ0n) is 10.8. The van der Waals surface area contributed by atoms with Crippen molar-refractivity contribution in [3.05, 3.63) is 33.8 Å². The second-order valence-corrected chi connectivity index (χ2v) is 5.80. The van der Waals surface area contributed by atoms with Crippen molar-refractivity contribution in [3.8, 4) is 0 Å². The molecule has 0 saturated heterocycles. The number of carboxylic acids is 1. The van der Waals surface area contributed by atoms with Gasteiger partial charge in [0.05, 0.1) is 6.42 Å². The first-order chi connectivity index (χ1) is 8.99. The molecule has 1 saturated carbocycles. The number of hydrogen-bond acceptors (Lipinski definition) is 2. The molecule has 1 aliphatic rings. The van der Waals surface area contributed by atoms with Crippen LogP contribution in [0.25, 0.3) is 0 Å². The van der Waals surface area contributed by atoms with Crippen molar-refractivity contribution in [1.82, 2.24) is 4.90 Å². The predicted molar refractivity (Wildman–Crippen MR) is 76.9 cm³/mol. The maximum atomic E-state index is 10.8. The van der Waals surface area contributed by atoms with Crippen LogP contribution >= 0.6 is 23.2 Å². The number of halogens is 2. The lowest BCUT2D eigenvalue weighted by molar-refractivity contribution is -0.137. The Bertz CT molecular complexity index is 475. The zero-order valence-corrected chi connectivity index (χ0v) is 12.3. The van der Waals surface area contributed by atoms with Crippen LogP contribution in [-0.4, -0.2) is 28.6 Å². The molecule has 1 aromatic rings. The molecule has 1 N–H and O–H groups in total. The number of aliphatic carboxylic acids is 1. The minimum absolute atomic E-state index is 0.0815. The number of benzene rings is 1. The summed E-state index contributed by atoms with van der Waals surface area (Å²) in [5, 5.41) is 10.2. The highest BCUT2D eigenvalue weighted by molar-refractivity contribution is 6.33. The molecule has 104 valence electrons. The fourth-order valence-electron chi connectivity index (χ4n) is 2.34. The molecule has 0 spiro atoms. The quantitative estimate of drug-likeness (QED) is 0.863. The summed E-state index contributed by atoms with van der Waals surface area (Å²) in [6, 6.07) is 5.98. The lowest BCUT2D eigenvalue weighted by Gasteiger charge is -2.29.